The normalized spacial score (nSPS) is 31.5. The molecular weight excluding hydrogens is 278 g/mol. The van der Waals surface area contributed by atoms with Gasteiger partial charge in [-0.3, -0.25) is 0 Å². The number of nitrogens with zero attached hydrogens (tertiary/aromatic N) is 1. The predicted octanol–water partition coefficient (Wildman–Crippen LogP) is 3.63. The lowest BCUT2D eigenvalue weighted by atomic mass is 9.76. The van der Waals surface area contributed by atoms with Crippen molar-refractivity contribution in [3.63, 3.8) is 0 Å². The molecule has 1 aliphatic carbocycles. The Hall–Kier alpha value is -0.770. The number of pyridine rings is 1. The van der Waals surface area contributed by atoms with Crippen molar-refractivity contribution >= 4 is 27.4 Å². The number of hydrogen-bond donors (Lipinski definition) is 2. The maximum absolute atomic E-state index is 4.47. The zero-order valence-electron chi connectivity index (χ0n) is 10.1. The SMILES string of the molecule is CC1CCC2(CC1)CNc1cc(Br)cnc1N2. The van der Waals surface area contributed by atoms with E-state index < -0.39 is 0 Å². The molecular formula is C13H18BrN3. The highest BCUT2D eigenvalue weighted by molar-refractivity contribution is 9.10. The molecule has 0 amide bonds. The second-order valence-electron chi connectivity index (χ2n) is 5.49. The maximum Gasteiger partial charge on any atom is 0.149 e. The van der Waals surface area contributed by atoms with E-state index >= 15 is 0 Å². The van der Waals surface area contributed by atoms with Crippen molar-refractivity contribution in [2.75, 3.05) is 17.2 Å². The van der Waals surface area contributed by atoms with Crippen molar-refractivity contribution in [1.29, 1.82) is 0 Å². The number of rotatable bonds is 0. The Morgan fingerprint density at radius 2 is 2.18 bits per heavy atom. The smallest absolute Gasteiger partial charge is 0.149 e. The van der Waals surface area contributed by atoms with Gasteiger partial charge in [-0.1, -0.05) is 6.92 Å². The largest absolute Gasteiger partial charge is 0.380 e. The van der Waals surface area contributed by atoms with E-state index in [1.807, 2.05) is 6.20 Å². The molecule has 3 rings (SSSR count). The van der Waals surface area contributed by atoms with Crippen LogP contribution in [-0.4, -0.2) is 17.1 Å². The maximum atomic E-state index is 4.47. The van der Waals surface area contributed by atoms with Gasteiger partial charge in [-0.05, 0) is 53.6 Å². The van der Waals surface area contributed by atoms with E-state index in [0.29, 0.717) is 0 Å². The highest BCUT2D eigenvalue weighted by atomic mass is 79.9. The summed E-state index contributed by atoms with van der Waals surface area (Å²) < 4.78 is 1.03. The molecule has 4 heteroatoms. The third-order valence-corrected chi connectivity index (χ3v) is 4.52. The zero-order chi connectivity index (χ0) is 11.9. The minimum atomic E-state index is 0.236. The molecule has 0 radical (unpaired) electrons. The van der Waals surface area contributed by atoms with Crippen LogP contribution in [0.1, 0.15) is 32.6 Å². The lowest BCUT2D eigenvalue weighted by Gasteiger charge is -2.44. The summed E-state index contributed by atoms with van der Waals surface area (Å²) in [6, 6.07) is 2.09. The van der Waals surface area contributed by atoms with Crippen LogP contribution in [0, 0.1) is 5.92 Å². The molecule has 92 valence electrons. The van der Waals surface area contributed by atoms with Crippen molar-refractivity contribution in [2.24, 2.45) is 5.92 Å². The van der Waals surface area contributed by atoms with Crippen molar-refractivity contribution < 1.29 is 0 Å². The number of halogens is 1. The molecule has 0 saturated heterocycles. The van der Waals surface area contributed by atoms with Gasteiger partial charge in [0.2, 0.25) is 0 Å². The molecule has 1 aromatic heterocycles. The van der Waals surface area contributed by atoms with Crippen molar-refractivity contribution in [2.45, 2.75) is 38.1 Å². The topological polar surface area (TPSA) is 37.0 Å². The molecule has 1 aromatic rings. The van der Waals surface area contributed by atoms with Crippen LogP contribution in [0.5, 0.6) is 0 Å². The van der Waals surface area contributed by atoms with Gasteiger partial charge in [0.25, 0.3) is 0 Å². The first-order valence-electron chi connectivity index (χ1n) is 6.34. The Labute approximate surface area is 111 Å². The monoisotopic (exact) mass is 295 g/mol. The van der Waals surface area contributed by atoms with Gasteiger partial charge in [-0.25, -0.2) is 4.98 Å². The van der Waals surface area contributed by atoms with Crippen LogP contribution in [0.15, 0.2) is 16.7 Å². The minimum Gasteiger partial charge on any atom is -0.380 e. The second-order valence-corrected chi connectivity index (χ2v) is 6.41. The molecule has 0 aromatic carbocycles. The summed E-state index contributed by atoms with van der Waals surface area (Å²) in [6.07, 6.45) is 7.00. The molecule has 2 heterocycles. The third kappa shape index (κ3) is 2.15. The quantitative estimate of drug-likeness (QED) is 0.767. The van der Waals surface area contributed by atoms with Crippen LogP contribution >= 0.6 is 15.9 Å². The van der Waals surface area contributed by atoms with Crippen LogP contribution in [0.4, 0.5) is 11.5 Å². The van der Waals surface area contributed by atoms with Crippen LogP contribution in [0.3, 0.4) is 0 Å². The van der Waals surface area contributed by atoms with Crippen LogP contribution in [0.25, 0.3) is 0 Å². The average molecular weight is 296 g/mol. The molecule has 3 nitrogen and oxygen atoms in total. The van der Waals surface area contributed by atoms with Gasteiger partial charge in [0.1, 0.15) is 5.82 Å². The summed E-state index contributed by atoms with van der Waals surface area (Å²) in [7, 11) is 0. The lowest BCUT2D eigenvalue weighted by Crippen LogP contribution is -2.50. The molecule has 0 unspecified atom stereocenters. The molecule has 1 saturated carbocycles. The summed E-state index contributed by atoms with van der Waals surface area (Å²) >= 11 is 3.46. The van der Waals surface area contributed by atoms with E-state index in [0.717, 1.165) is 28.4 Å². The van der Waals surface area contributed by atoms with Crippen LogP contribution in [0.2, 0.25) is 0 Å². The van der Waals surface area contributed by atoms with Crippen molar-refractivity contribution in [3.05, 3.63) is 16.7 Å². The van der Waals surface area contributed by atoms with E-state index in [9.17, 15) is 0 Å². The van der Waals surface area contributed by atoms with Gasteiger partial charge in [0, 0.05) is 17.2 Å². The van der Waals surface area contributed by atoms with Gasteiger partial charge in [0.15, 0.2) is 0 Å². The van der Waals surface area contributed by atoms with Crippen LogP contribution < -0.4 is 10.6 Å². The van der Waals surface area contributed by atoms with E-state index in [1.54, 1.807) is 0 Å². The highest BCUT2D eigenvalue weighted by Crippen LogP contribution is 2.39. The molecule has 17 heavy (non-hydrogen) atoms. The number of aromatic nitrogens is 1. The molecule has 1 spiro atoms. The molecule has 1 fully saturated rings. The first-order valence-corrected chi connectivity index (χ1v) is 7.14. The van der Waals surface area contributed by atoms with Crippen molar-refractivity contribution in [3.8, 4) is 0 Å². The Balaban J connectivity index is 1.83. The minimum absolute atomic E-state index is 0.236. The Kier molecular flexibility index (Phi) is 2.77. The van der Waals surface area contributed by atoms with Gasteiger partial charge in [-0.15, -0.1) is 0 Å². The standard InChI is InChI=1S/C13H18BrN3/c1-9-2-4-13(5-3-9)8-16-11-6-10(14)7-15-12(11)17-13/h6-7,9,16H,2-5,8H2,1H3,(H,15,17). The van der Waals surface area contributed by atoms with E-state index in [4.69, 9.17) is 0 Å². The van der Waals surface area contributed by atoms with Gasteiger partial charge < -0.3 is 10.6 Å². The number of anilines is 2. The summed E-state index contributed by atoms with van der Waals surface area (Å²) in [6.45, 7) is 3.37. The first kappa shape index (κ1) is 11.3. The summed E-state index contributed by atoms with van der Waals surface area (Å²) in [5.74, 6) is 1.88. The van der Waals surface area contributed by atoms with Crippen molar-refractivity contribution in [1.82, 2.24) is 4.98 Å². The van der Waals surface area contributed by atoms with Crippen LogP contribution in [-0.2, 0) is 0 Å². The molecule has 0 atom stereocenters. The summed E-state index contributed by atoms with van der Waals surface area (Å²) in [5.41, 5.74) is 1.35. The average Bonchev–Trinajstić information content (AvgIpc) is 2.34. The number of hydrogen-bond acceptors (Lipinski definition) is 3. The number of fused-ring (bicyclic) bond motifs is 1. The lowest BCUT2D eigenvalue weighted by molar-refractivity contribution is 0.273. The summed E-state index contributed by atoms with van der Waals surface area (Å²) in [4.78, 5) is 4.47. The molecule has 1 aliphatic heterocycles. The van der Waals surface area contributed by atoms with Gasteiger partial charge in [-0.2, -0.15) is 0 Å². The first-order chi connectivity index (χ1) is 8.17. The molecule has 2 N–H and O–H groups in total. The van der Waals surface area contributed by atoms with E-state index in [2.05, 4.69) is 44.5 Å². The summed E-state index contributed by atoms with van der Waals surface area (Å²) in [5, 5.41) is 7.19. The Morgan fingerprint density at radius 1 is 1.41 bits per heavy atom. The molecule has 2 aliphatic rings. The predicted molar refractivity (Wildman–Crippen MR) is 74.4 cm³/mol. The third-order valence-electron chi connectivity index (χ3n) is 4.09. The van der Waals surface area contributed by atoms with E-state index in [-0.39, 0.29) is 5.54 Å². The fourth-order valence-electron chi connectivity index (χ4n) is 2.85. The number of nitrogens with one attached hydrogen (secondary N) is 2. The Bertz CT molecular complexity index is 425. The zero-order valence-corrected chi connectivity index (χ0v) is 11.7. The van der Waals surface area contributed by atoms with E-state index in [1.165, 1.54) is 25.7 Å². The van der Waals surface area contributed by atoms with Gasteiger partial charge >= 0.3 is 0 Å². The fraction of sp³-hybridized carbons (Fsp3) is 0.615. The Morgan fingerprint density at radius 3 is 2.94 bits per heavy atom. The highest BCUT2D eigenvalue weighted by Gasteiger charge is 2.37. The fourth-order valence-corrected chi connectivity index (χ4v) is 3.18. The second kappa shape index (κ2) is 4.16. The molecule has 0 bridgehead atoms. The van der Waals surface area contributed by atoms with Gasteiger partial charge in [0.05, 0.1) is 11.2 Å².